The Morgan fingerprint density at radius 3 is 3.00 bits per heavy atom. The molecule has 0 spiro atoms. The molecule has 0 saturated carbocycles. The fourth-order valence-corrected chi connectivity index (χ4v) is 2.92. The molecule has 0 aliphatic carbocycles. The Kier molecular flexibility index (Phi) is 6.35. The first-order valence-electron chi connectivity index (χ1n) is 8.73. The molecule has 1 saturated heterocycles. The molecule has 1 aliphatic rings. The molecule has 26 heavy (non-hydrogen) atoms. The third-order valence-electron chi connectivity index (χ3n) is 4.27. The van der Waals surface area contributed by atoms with E-state index < -0.39 is 0 Å². The van der Waals surface area contributed by atoms with Crippen molar-refractivity contribution in [2.45, 2.75) is 6.04 Å². The van der Waals surface area contributed by atoms with Crippen molar-refractivity contribution < 1.29 is 9.53 Å². The van der Waals surface area contributed by atoms with Crippen LogP contribution in [0, 0.1) is 0 Å². The van der Waals surface area contributed by atoms with Crippen molar-refractivity contribution in [2.75, 3.05) is 38.6 Å². The quantitative estimate of drug-likeness (QED) is 0.833. The monoisotopic (exact) mass is 352 g/mol. The summed E-state index contributed by atoms with van der Waals surface area (Å²) >= 11 is 0. The normalized spacial score (nSPS) is 18.0. The lowest BCUT2D eigenvalue weighted by molar-refractivity contribution is -0.119. The molecule has 1 fully saturated rings. The number of hydrogen-bond donors (Lipinski definition) is 2. The molecule has 0 bridgehead atoms. The minimum absolute atomic E-state index is 0.0759. The second-order valence-corrected chi connectivity index (χ2v) is 6.13. The van der Waals surface area contributed by atoms with Crippen molar-refractivity contribution >= 4 is 17.7 Å². The van der Waals surface area contributed by atoms with Crippen molar-refractivity contribution in [1.29, 1.82) is 0 Å². The molecule has 1 amide bonds. The number of anilines is 1. The van der Waals surface area contributed by atoms with Gasteiger partial charge in [0.25, 0.3) is 0 Å². The van der Waals surface area contributed by atoms with Gasteiger partial charge < -0.3 is 15.4 Å². The molecule has 1 unspecified atom stereocenters. The summed E-state index contributed by atoms with van der Waals surface area (Å²) in [6, 6.07) is 13.5. The third-order valence-corrected chi connectivity index (χ3v) is 4.27. The van der Waals surface area contributed by atoms with Crippen LogP contribution in [0.5, 0.6) is 5.88 Å². The summed E-state index contributed by atoms with van der Waals surface area (Å²) in [5.41, 5.74) is 1.77. The summed E-state index contributed by atoms with van der Waals surface area (Å²) in [7, 11) is 1.54. The summed E-state index contributed by atoms with van der Waals surface area (Å²) < 4.78 is 5.18. The average molecular weight is 352 g/mol. The van der Waals surface area contributed by atoms with Gasteiger partial charge in [0.1, 0.15) is 5.69 Å². The molecule has 1 aromatic carbocycles. The Balaban J connectivity index is 1.54. The van der Waals surface area contributed by atoms with Crippen molar-refractivity contribution in [1.82, 2.24) is 15.2 Å². The topological polar surface area (TPSA) is 66.5 Å². The van der Waals surface area contributed by atoms with Crippen molar-refractivity contribution in [3.05, 3.63) is 60.3 Å². The lowest BCUT2D eigenvalue weighted by atomic mass is 10.1. The number of amides is 1. The zero-order valence-electron chi connectivity index (χ0n) is 14.9. The Labute approximate surface area is 153 Å². The van der Waals surface area contributed by atoms with Gasteiger partial charge in [0.15, 0.2) is 0 Å². The molecule has 6 nitrogen and oxygen atoms in total. The van der Waals surface area contributed by atoms with Crippen LogP contribution in [0.3, 0.4) is 0 Å². The van der Waals surface area contributed by atoms with E-state index in [4.69, 9.17) is 4.74 Å². The SMILES string of the molecule is COc1ncccc1NC(=O)C1CN(C/C=C/c2ccccc2)CCN1. The van der Waals surface area contributed by atoms with E-state index >= 15 is 0 Å². The lowest BCUT2D eigenvalue weighted by Crippen LogP contribution is -2.55. The molecule has 3 rings (SSSR count). The molecular weight excluding hydrogens is 328 g/mol. The predicted molar refractivity (Wildman–Crippen MR) is 103 cm³/mol. The molecular formula is C20H24N4O2. The molecule has 2 N–H and O–H groups in total. The third kappa shape index (κ3) is 4.91. The lowest BCUT2D eigenvalue weighted by Gasteiger charge is -2.32. The highest BCUT2D eigenvalue weighted by Gasteiger charge is 2.25. The van der Waals surface area contributed by atoms with Crippen LogP contribution >= 0.6 is 0 Å². The van der Waals surface area contributed by atoms with Crippen LogP contribution in [-0.2, 0) is 4.79 Å². The Bertz CT molecular complexity index is 748. The number of ether oxygens (including phenoxy) is 1. The number of rotatable bonds is 6. The van der Waals surface area contributed by atoms with Crippen LogP contribution in [0.1, 0.15) is 5.56 Å². The van der Waals surface area contributed by atoms with Gasteiger partial charge in [-0.05, 0) is 17.7 Å². The maximum absolute atomic E-state index is 12.6. The molecule has 1 aromatic heterocycles. The maximum Gasteiger partial charge on any atom is 0.242 e. The standard InChI is InChI=1S/C20H24N4O2/c1-26-20-17(10-5-11-22-20)23-19(25)18-15-24(14-12-21-18)13-6-9-16-7-3-2-4-8-16/h2-11,18,21H,12-15H2,1H3,(H,23,25)/b9-6+. The zero-order chi connectivity index (χ0) is 18.2. The van der Waals surface area contributed by atoms with E-state index in [1.807, 2.05) is 18.2 Å². The second-order valence-electron chi connectivity index (χ2n) is 6.13. The number of pyridine rings is 1. The van der Waals surface area contributed by atoms with Crippen LogP contribution in [0.15, 0.2) is 54.7 Å². The molecule has 2 heterocycles. The molecule has 1 aliphatic heterocycles. The highest BCUT2D eigenvalue weighted by atomic mass is 16.5. The van der Waals surface area contributed by atoms with Gasteiger partial charge in [0.2, 0.25) is 11.8 Å². The maximum atomic E-state index is 12.6. The molecule has 0 radical (unpaired) electrons. The van der Waals surface area contributed by atoms with Gasteiger partial charge in [-0.1, -0.05) is 42.5 Å². The largest absolute Gasteiger partial charge is 0.480 e. The highest BCUT2D eigenvalue weighted by Crippen LogP contribution is 2.20. The molecule has 6 heteroatoms. The Morgan fingerprint density at radius 2 is 2.19 bits per heavy atom. The van der Waals surface area contributed by atoms with Crippen molar-refractivity contribution in [2.24, 2.45) is 0 Å². The number of piperazine rings is 1. The van der Waals surface area contributed by atoms with Crippen LogP contribution < -0.4 is 15.4 Å². The minimum atomic E-state index is -0.265. The molecule has 2 aromatic rings. The highest BCUT2D eigenvalue weighted by molar-refractivity contribution is 5.96. The van der Waals surface area contributed by atoms with E-state index in [2.05, 4.69) is 44.8 Å². The van der Waals surface area contributed by atoms with Crippen LogP contribution in [0.4, 0.5) is 5.69 Å². The van der Waals surface area contributed by atoms with Gasteiger partial charge >= 0.3 is 0 Å². The summed E-state index contributed by atoms with van der Waals surface area (Å²) in [5.74, 6) is 0.340. The average Bonchev–Trinajstić information content (AvgIpc) is 2.69. The number of hydrogen-bond acceptors (Lipinski definition) is 5. The van der Waals surface area contributed by atoms with Crippen LogP contribution in [0.25, 0.3) is 6.08 Å². The Hall–Kier alpha value is -2.70. The second kappa shape index (κ2) is 9.12. The van der Waals surface area contributed by atoms with E-state index in [0.717, 1.165) is 19.6 Å². The fraction of sp³-hybridized carbons (Fsp3) is 0.300. The number of nitrogens with zero attached hydrogens (tertiary/aromatic N) is 2. The number of carbonyl (C=O) groups is 1. The number of nitrogens with one attached hydrogen (secondary N) is 2. The van der Waals surface area contributed by atoms with E-state index in [1.54, 1.807) is 18.3 Å². The fourth-order valence-electron chi connectivity index (χ4n) is 2.92. The predicted octanol–water partition coefficient (Wildman–Crippen LogP) is 2.02. The molecule has 1 atom stereocenters. The van der Waals surface area contributed by atoms with E-state index in [9.17, 15) is 4.79 Å². The first kappa shape index (κ1) is 18.1. The minimum Gasteiger partial charge on any atom is -0.480 e. The summed E-state index contributed by atoms with van der Waals surface area (Å²) in [4.78, 5) is 18.9. The van der Waals surface area contributed by atoms with E-state index in [-0.39, 0.29) is 11.9 Å². The van der Waals surface area contributed by atoms with E-state index in [1.165, 1.54) is 12.7 Å². The number of benzene rings is 1. The number of aromatic nitrogens is 1. The van der Waals surface area contributed by atoms with Gasteiger partial charge in [0, 0.05) is 32.4 Å². The van der Waals surface area contributed by atoms with Gasteiger partial charge in [-0.15, -0.1) is 0 Å². The number of methoxy groups -OCH3 is 1. The number of carbonyl (C=O) groups excluding carboxylic acids is 1. The van der Waals surface area contributed by atoms with Gasteiger partial charge in [-0.3, -0.25) is 9.69 Å². The van der Waals surface area contributed by atoms with Crippen LogP contribution in [-0.4, -0.2) is 55.1 Å². The smallest absolute Gasteiger partial charge is 0.242 e. The van der Waals surface area contributed by atoms with Gasteiger partial charge in [-0.2, -0.15) is 0 Å². The summed E-state index contributed by atoms with van der Waals surface area (Å²) in [6.45, 7) is 3.17. The first-order valence-corrected chi connectivity index (χ1v) is 8.73. The molecule has 136 valence electrons. The van der Waals surface area contributed by atoms with Gasteiger partial charge in [0.05, 0.1) is 13.2 Å². The zero-order valence-corrected chi connectivity index (χ0v) is 14.9. The summed E-state index contributed by atoms with van der Waals surface area (Å²) in [6.07, 6.45) is 5.88. The Morgan fingerprint density at radius 1 is 1.35 bits per heavy atom. The van der Waals surface area contributed by atoms with Crippen molar-refractivity contribution in [3.63, 3.8) is 0 Å². The van der Waals surface area contributed by atoms with Crippen molar-refractivity contribution in [3.8, 4) is 5.88 Å². The van der Waals surface area contributed by atoms with E-state index in [0.29, 0.717) is 18.1 Å². The van der Waals surface area contributed by atoms with Gasteiger partial charge in [-0.25, -0.2) is 4.98 Å². The van der Waals surface area contributed by atoms with Crippen LogP contribution in [0.2, 0.25) is 0 Å². The summed E-state index contributed by atoms with van der Waals surface area (Å²) in [5, 5.41) is 6.18. The first-order chi connectivity index (χ1) is 12.8.